The average molecular weight is 299 g/mol. The van der Waals surface area contributed by atoms with Gasteiger partial charge in [0.1, 0.15) is 0 Å². The SMILES string of the molecule is CCCN(C)c1cc2c(cc1Br)C(O)C(=O)N2. The second kappa shape index (κ2) is 4.66. The van der Waals surface area contributed by atoms with Crippen LogP contribution in [0, 0.1) is 0 Å². The number of fused-ring (bicyclic) bond motifs is 1. The molecule has 0 saturated carbocycles. The molecule has 1 aliphatic heterocycles. The van der Waals surface area contributed by atoms with Crippen LogP contribution in [-0.4, -0.2) is 24.6 Å². The summed E-state index contributed by atoms with van der Waals surface area (Å²) < 4.78 is 0.891. The van der Waals surface area contributed by atoms with Crippen molar-refractivity contribution in [2.45, 2.75) is 19.4 Å². The van der Waals surface area contributed by atoms with Gasteiger partial charge in [-0.25, -0.2) is 0 Å². The topological polar surface area (TPSA) is 52.6 Å². The Bertz CT molecular complexity index is 462. The van der Waals surface area contributed by atoms with Gasteiger partial charge in [-0.1, -0.05) is 6.92 Å². The highest BCUT2D eigenvalue weighted by Gasteiger charge is 2.29. The molecule has 17 heavy (non-hydrogen) atoms. The molecule has 1 unspecified atom stereocenters. The summed E-state index contributed by atoms with van der Waals surface area (Å²) in [6.45, 7) is 3.05. The second-order valence-electron chi connectivity index (χ2n) is 4.20. The van der Waals surface area contributed by atoms with Gasteiger partial charge in [-0.2, -0.15) is 0 Å². The van der Waals surface area contributed by atoms with E-state index in [-0.39, 0.29) is 5.91 Å². The molecule has 1 atom stereocenters. The van der Waals surface area contributed by atoms with Gasteiger partial charge in [0, 0.05) is 29.3 Å². The molecule has 4 nitrogen and oxygen atoms in total. The van der Waals surface area contributed by atoms with Crippen molar-refractivity contribution >= 4 is 33.2 Å². The Morgan fingerprint density at radius 1 is 1.53 bits per heavy atom. The number of amides is 1. The molecule has 1 heterocycles. The number of anilines is 2. The zero-order valence-electron chi connectivity index (χ0n) is 9.83. The van der Waals surface area contributed by atoms with Gasteiger partial charge in [-0.3, -0.25) is 4.79 Å². The summed E-state index contributed by atoms with van der Waals surface area (Å²) in [6, 6.07) is 3.70. The van der Waals surface area contributed by atoms with E-state index in [9.17, 15) is 9.90 Å². The lowest BCUT2D eigenvalue weighted by molar-refractivity contribution is -0.123. The van der Waals surface area contributed by atoms with Gasteiger partial charge < -0.3 is 15.3 Å². The molecule has 1 aromatic rings. The number of carbonyl (C=O) groups excluding carboxylic acids is 1. The molecule has 1 amide bonds. The number of nitrogens with one attached hydrogen (secondary N) is 1. The molecule has 5 heteroatoms. The maximum Gasteiger partial charge on any atom is 0.257 e. The number of aliphatic hydroxyl groups excluding tert-OH is 1. The number of nitrogens with zero attached hydrogens (tertiary/aromatic N) is 1. The zero-order chi connectivity index (χ0) is 12.6. The van der Waals surface area contributed by atoms with E-state index in [0.29, 0.717) is 11.3 Å². The van der Waals surface area contributed by atoms with Crippen molar-refractivity contribution in [1.82, 2.24) is 0 Å². The van der Waals surface area contributed by atoms with E-state index in [0.717, 1.165) is 23.1 Å². The molecule has 0 radical (unpaired) electrons. The maximum absolute atomic E-state index is 11.4. The number of halogens is 1. The Morgan fingerprint density at radius 2 is 2.24 bits per heavy atom. The van der Waals surface area contributed by atoms with E-state index in [1.165, 1.54) is 0 Å². The van der Waals surface area contributed by atoms with E-state index in [4.69, 9.17) is 0 Å². The third-order valence-corrected chi connectivity index (χ3v) is 3.53. The van der Waals surface area contributed by atoms with Gasteiger partial charge in [0.05, 0.1) is 5.69 Å². The van der Waals surface area contributed by atoms with Crippen molar-refractivity contribution in [3.63, 3.8) is 0 Å². The van der Waals surface area contributed by atoms with Crippen LogP contribution in [0.15, 0.2) is 16.6 Å². The van der Waals surface area contributed by atoms with Crippen LogP contribution < -0.4 is 10.2 Å². The molecule has 92 valence electrons. The molecule has 0 aromatic heterocycles. The number of benzene rings is 1. The van der Waals surface area contributed by atoms with Crippen molar-refractivity contribution in [2.24, 2.45) is 0 Å². The number of carbonyl (C=O) groups is 1. The highest BCUT2D eigenvalue weighted by Crippen LogP contribution is 2.38. The quantitative estimate of drug-likeness (QED) is 0.900. The van der Waals surface area contributed by atoms with Gasteiger partial charge in [0.2, 0.25) is 0 Å². The summed E-state index contributed by atoms with van der Waals surface area (Å²) in [7, 11) is 2.00. The van der Waals surface area contributed by atoms with E-state index in [2.05, 4.69) is 33.1 Å². The van der Waals surface area contributed by atoms with Crippen LogP contribution in [0.4, 0.5) is 11.4 Å². The van der Waals surface area contributed by atoms with Crippen molar-refractivity contribution in [3.8, 4) is 0 Å². The molecular formula is C12H15BrN2O2. The van der Waals surface area contributed by atoms with E-state index in [1.54, 1.807) is 6.07 Å². The summed E-state index contributed by atoms with van der Waals surface area (Å²) in [4.78, 5) is 13.5. The Labute approximate surface area is 109 Å². The molecular weight excluding hydrogens is 284 g/mol. The van der Waals surface area contributed by atoms with E-state index in [1.807, 2.05) is 13.1 Å². The van der Waals surface area contributed by atoms with Gasteiger partial charge in [0.15, 0.2) is 6.10 Å². The first-order valence-corrected chi connectivity index (χ1v) is 6.37. The fourth-order valence-corrected chi connectivity index (χ4v) is 2.67. The molecule has 0 aliphatic carbocycles. The number of aliphatic hydroxyl groups is 1. The minimum absolute atomic E-state index is 0.359. The Hall–Kier alpha value is -1.07. The first-order valence-electron chi connectivity index (χ1n) is 5.58. The van der Waals surface area contributed by atoms with Crippen LogP contribution in [0.5, 0.6) is 0 Å². The standard InChI is InChI=1S/C12H15BrN2O2/c1-3-4-15(2)10-6-9-7(5-8(10)13)11(16)12(17)14-9/h5-6,11,16H,3-4H2,1-2H3,(H,14,17). The summed E-state index contributed by atoms with van der Waals surface area (Å²) in [5, 5.41) is 12.3. The lowest BCUT2D eigenvalue weighted by atomic mass is 10.1. The highest BCUT2D eigenvalue weighted by molar-refractivity contribution is 9.10. The van der Waals surface area contributed by atoms with Crippen LogP contribution in [-0.2, 0) is 4.79 Å². The molecule has 0 bridgehead atoms. The first kappa shape index (κ1) is 12.4. The normalized spacial score (nSPS) is 17.9. The van der Waals surface area contributed by atoms with Crippen LogP contribution in [0.25, 0.3) is 0 Å². The summed E-state index contributed by atoms with van der Waals surface area (Å²) in [5.41, 5.74) is 2.35. The molecule has 0 spiro atoms. The monoisotopic (exact) mass is 298 g/mol. The molecule has 0 fully saturated rings. The smallest absolute Gasteiger partial charge is 0.257 e. The fourth-order valence-electron chi connectivity index (χ4n) is 2.00. The minimum atomic E-state index is -1.05. The second-order valence-corrected chi connectivity index (χ2v) is 5.06. The predicted octanol–water partition coefficient (Wildman–Crippen LogP) is 2.28. The maximum atomic E-state index is 11.4. The molecule has 1 aromatic carbocycles. The number of hydrogen-bond donors (Lipinski definition) is 2. The van der Waals surface area contributed by atoms with Gasteiger partial charge in [-0.05, 0) is 34.5 Å². The highest BCUT2D eigenvalue weighted by atomic mass is 79.9. The van der Waals surface area contributed by atoms with Gasteiger partial charge in [0.25, 0.3) is 5.91 Å². The van der Waals surface area contributed by atoms with Crippen LogP contribution in [0.3, 0.4) is 0 Å². The van der Waals surface area contributed by atoms with Crippen molar-refractivity contribution < 1.29 is 9.90 Å². The summed E-state index contributed by atoms with van der Waals surface area (Å²) in [5.74, 6) is -0.359. The van der Waals surface area contributed by atoms with E-state index < -0.39 is 6.10 Å². The summed E-state index contributed by atoms with van der Waals surface area (Å²) in [6.07, 6.45) is 0.00137. The number of rotatable bonds is 3. The van der Waals surface area contributed by atoms with Gasteiger partial charge in [-0.15, -0.1) is 0 Å². The lowest BCUT2D eigenvalue weighted by Crippen LogP contribution is -2.18. The van der Waals surface area contributed by atoms with Gasteiger partial charge >= 0.3 is 0 Å². The van der Waals surface area contributed by atoms with Crippen molar-refractivity contribution in [1.29, 1.82) is 0 Å². The Kier molecular flexibility index (Phi) is 3.40. The van der Waals surface area contributed by atoms with Crippen LogP contribution in [0.2, 0.25) is 0 Å². The first-order chi connectivity index (χ1) is 8.04. The largest absolute Gasteiger partial charge is 0.378 e. The molecule has 2 rings (SSSR count). The zero-order valence-corrected chi connectivity index (χ0v) is 11.4. The minimum Gasteiger partial charge on any atom is -0.378 e. The van der Waals surface area contributed by atoms with Crippen LogP contribution >= 0.6 is 15.9 Å². The molecule has 0 saturated heterocycles. The van der Waals surface area contributed by atoms with Crippen molar-refractivity contribution in [3.05, 3.63) is 22.2 Å². The Balaban J connectivity index is 2.39. The average Bonchev–Trinajstić information content (AvgIpc) is 2.55. The third kappa shape index (κ3) is 2.17. The molecule has 2 N–H and O–H groups in total. The van der Waals surface area contributed by atoms with Crippen LogP contribution in [0.1, 0.15) is 25.0 Å². The Morgan fingerprint density at radius 3 is 2.88 bits per heavy atom. The fraction of sp³-hybridized carbons (Fsp3) is 0.417. The number of hydrogen-bond acceptors (Lipinski definition) is 3. The predicted molar refractivity (Wildman–Crippen MR) is 71.3 cm³/mol. The summed E-state index contributed by atoms with van der Waals surface area (Å²) >= 11 is 3.48. The van der Waals surface area contributed by atoms with Crippen molar-refractivity contribution in [2.75, 3.05) is 23.8 Å². The third-order valence-electron chi connectivity index (χ3n) is 2.89. The molecule has 1 aliphatic rings. The van der Waals surface area contributed by atoms with E-state index >= 15 is 0 Å². The lowest BCUT2D eigenvalue weighted by Gasteiger charge is -2.21.